The lowest BCUT2D eigenvalue weighted by Gasteiger charge is -2.27. The molecule has 1 fully saturated rings. The Morgan fingerprint density at radius 2 is 2.12 bits per heavy atom. The SMILES string of the molecule is C=C1C(=O)O[C@@H]2C=C(C)CCC=C(C)C[C@@H](OC(=O)C(=CCO)CO)[C@@H]12. The van der Waals surface area contributed by atoms with Crippen LogP contribution in [0.5, 0.6) is 0 Å². The van der Waals surface area contributed by atoms with Crippen LogP contribution in [-0.4, -0.2) is 47.6 Å². The lowest BCUT2D eigenvalue weighted by molar-refractivity contribution is -0.147. The predicted molar refractivity (Wildman–Crippen MR) is 96.0 cm³/mol. The van der Waals surface area contributed by atoms with E-state index < -0.39 is 36.7 Å². The van der Waals surface area contributed by atoms with Gasteiger partial charge < -0.3 is 19.7 Å². The summed E-state index contributed by atoms with van der Waals surface area (Å²) in [5, 5.41) is 18.3. The summed E-state index contributed by atoms with van der Waals surface area (Å²) < 4.78 is 11.1. The van der Waals surface area contributed by atoms with Crippen molar-refractivity contribution in [2.75, 3.05) is 13.2 Å². The van der Waals surface area contributed by atoms with Gasteiger partial charge in [0.2, 0.25) is 0 Å². The molecule has 2 rings (SSSR count). The molecule has 142 valence electrons. The van der Waals surface area contributed by atoms with Crippen molar-refractivity contribution in [1.29, 1.82) is 0 Å². The average Bonchev–Trinajstić information content (AvgIpc) is 2.85. The van der Waals surface area contributed by atoms with Gasteiger partial charge in [-0.3, -0.25) is 0 Å². The number of carbonyl (C=O) groups excluding carboxylic acids is 2. The van der Waals surface area contributed by atoms with Gasteiger partial charge >= 0.3 is 11.9 Å². The third-order valence-corrected chi connectivity index (χ3v) is 4.69. The minimum atomic E-state index is -0.719. The van der Waals surface area contributed by atoms with E-state index in [2.05, 4.69) is 12.7 Å². The molecule has 2 aliphatic rings. The number of aliphatic hydroxyl groups is 2. The fourth-order valence-corrected chi connectivity index (χ4v) is 3.27. The van der Waals surface area contributed by atoms with E-state index in [1.165, 1.54) is 6.08 Å². The molecule has 0 saturated carbocycles. The van der Waals surface area contributed by atoms with Crippen molar-refractivity contribution in [3.8, 4) is 0 Å². The molecule has 0 radical (unpaired) electrons. The molecule has 1 aliphatic carbocycles. The van der Waals surface area contributed by atoms with Gasteiger partial charge in [0.05, 0.1) is 24.7 Å². The lowest BCUT2D eigenvalue weighted by atomic mass is 9.85. The Morgan fingerprint density at radius 3 is 2.77 bits per heavy atom. The zero-order chi connectivity index (χ0) is 19.3. The number of aliphatic hydroxyl groups excluding tert-OH is 2. The highest BCUT2D eigenvalue weighted by molar-refractivity contribution is 5.92. The maximum Gasteiger partial charge on any atom is 0.336 e. The van der Waals surface area contributed by atoms with Crippen LogP contribution < -0.4 is 0 Å². The van der Waals surface area contributed by atoms with Crippen molar-refractivity contribution in [3.05, 3.63) is 47.1 Å². The largest absolute Gasteiger partial charge is 0.458 e. The van der Waals surface area contributed by atoms with Crippen LogP contribution in [0, 0.1) is 5.92 Å². The molecule has 26 heavy (non-hydrogen) atoms. The molecular formula is C20H26O6. The molecule has 0 aromatic carbocycles. The Hall–Kier alpha value is -2.18. The standard InChI is InChI=1S/C20H26O6/c1-12-5-4-6-13(2)10-17(26-20(24)15(11-22)7-8-21)18-14(3)19(23)25-16(18)9-12/h6-7,9,16-18,21-22H,3-5,8,10-11H2,1-2H3/t16-,17-,18+/m1/s1. The van der Waals surface area contributed by atoms with Crippen molar-refractivity contribution in [2.45, 2.75) is 45.3 Å². The number of rotatable bonds is 4. The third kappa shape index (κ3) is 4.71. The first-order valence-corrected chi connectivity index (χ1v) is 8.71. The Morgan fingerprint density at radius 1 is 1.38 bits per heavy atom. The van der Waals surface area contributed by atoms with Crippen LogP contribution in [0.25, 0.3) is 0 Å². The lowest BCUT2D eigenvalue weighted by Crippen LogP contribution is -2.34. The van der Waals surface area contributed by atoms with Crippen LogP contribution in [0.2, 0.25) is 0 Å². The molecule has 2 N–H and O–H groups in total. The number of hydrogen-bond acceptors (Lipinski definition) is 6. The smallest absolute Gasteiger partial charge is 0.336 e. The van der Waals surface area contributed by atoms with Gasteiger partial charge in [-0.15, -0.1) is 0 Å². The Balaban J connectivity index is 2.36. The minimum Gasteiger partial charge on any atom is -0.458 e. The second kappa shape index (κ2) is 8.96. The third-order valence-electron chi connectivity index (χ3n) is 4.69. The molecule has 0 aromatic rings. The molecule has 0 amide bonds. The van der Waals surface area contributed by atoms with Crippen molar-refractivity contribution >= 4 is 11.9 Å². The summed E-state index contributed by atoms with van der Waals surface area (Å²) >= 11 is 0. The highest BCUT2D eigenvalue weighted by Crippen LogP contribution is 2.36. The fraction of sp³-hybridized carbons (Fsp3) is 0.500. The molecule has 1 aliphatic heterocycles. The van der Waals surface area contributed by atoms with Crippen LogP contribution >= 0.6 is 0 Å². The number of hydrogen-bond donors (Lipinski definition) is 2. The maximum absolute atomic E-state index is 12.4. The van der Waals surface area contributed by atoms with Gasteiger partial charge in [-0.25, -0.2) is 9.59 Å². The molecule has 0 unspecified atom stereocenters. The molecule has 1 heterocycles. The van der Waals surface area contributed by atoms with Gasteiger partial charge in [0.25, 0.3) is 0 Å². The zero-order valence-corrected chi connectivity index (χ0v) is 15.2. The Labute approximate surface area is 153 Å². The highest BCUT2D eigenvalue weighted by atomic mass is 16.6. The van der Waals surface area contributed by atoms with E-state index in [1.54, 1.807) is 0 Å². The van der Waals surface area contributed by atoms with Crippen LogP contribution in [0.1, 0.15) is 33.1 Å². The van der Waals surface area contributed by atoms with Crippen molar-refractivity contribution in [3.63, 3.8) is 0 Å². The highest BCUT2D eigenvalue weighted by Gasteiger charge is 2.44. The van der Waals surface area contributed by atoms with Gasteiger partial charge in [-0.2, -0.15) is 0 Å². The van der Waals surface area contributed by atoms with Crippen LogP contribution in [0.3, 0.4) is 0 Å². The molecule has 0 spiro atoms. The maximum atomic E-state index is 12.4. The first kappa shape index (κ1) is 20.1. The quantitative estimate of drug-likeness (QED) is 0.451. The van der Waals surface area contributed by atoms with E-state index >= 15 is 0 Å². The van der Waals surface area contributed by atoms with E-state index in [4.69, 9.17) is 14.6 Å². The normalized spacial score (nSPS) is 27.2. The summed E-state index contributed by atoms with van der Waals surface area (Å²) in [6.45, 7) is 6.85. The molecule has 0 aromatic heterocycles. The number of fused-ring (bicyclic) bond motifs is 1. The number of allylic oxidation sites excluding steroid dienone is 2. The number of esters is 2. The molecule has 0 bridgehead atoms. The van der Waals surface area contributed by atoms with Gasteiger partial charge in [0.1, 0.15) is 12.2 Å². The van der Waals surface area contributed by atoms with E-state index in [0.717, 1.165) is 24.0 Å². The fourth-order valence-electron chi connectivity index (χ4n) is 3.27. The molecule has 6 nitrogen and oxygen atoms in total. The summed E-state index contributed by atoms with van der Waals surface area (Å²) in [5.41, 5.74) is 2.39. The average molecular weight is 362 g/mol. The predicted octanol–water partition coefficient (Wildman–Crippen LogP) is 1.98. The van der Waals surface area contributed by atoms with Crippen LogP contribution in [0.4, 0.5) is 0 Å². The van der Waals surface area contributed by atoms with E-state index in [1.807, 2.05) is 19.9 Å². The van der Waals surface area contributed by atoms with Gasteiger partial charge in [0.15, 0.2) is 0 Å². The first-order chi connectivity index (χ1) is 12.4. The van der Waals surface area contributed by atoms with Gasteiger partial charge in [-0.1, -0.05) is 23.8 Å². The van der Waals surface area contributed by atoms with E-state index in [0.29, 0.717) is 6.42 Å². The van der Waals surface area contributed by atoms with E-state index in [9.17, 15) is 14.7 Å². The number of carbonyl (C=O) groups is 2. The van der Waals surface area contributed by atoms with E-state index in [-0.39, 0.29) is 17.8 Å². The monoisotopic (exact) mass is 362 g/mol. The van der Waals surface area contributed by atoms with Crippen molar-refractivity contribution in [1.82, 2.24) is 0 Å². The first-order valence-electron chi connectivity index (χ1n) is 8.71. The van der Waals surface area contributed by atoms with Crippen molar-refractivity contribution < 1.29 is 29.3 Å². The Bertz CT molecular complexity index is 670. The topological polar surface area (TPSA) is 93.1 Å². The second-order valence-corrected chi connectivity index (χ2v) is 6.74. The summed E-state index contributed by atoms with van der Waals surface area (Å²) in [7, 11) is 0. The molecule has 6 heteroatoms. The number of ether oxygens (including phenoxy) is 2. The minimum absolute atomic E-state index is 0.0228. The van der Waals surface area contributed by atoms with Gasteiger partial charge in [-0.05, 0) is 38.8 Å². The summed E-state index contributed by atoms with van der Waals surface area (Å²) in [4.78, 5) is 24.4. The molecular weight excluding hydrogens is 336 g/mol. The van der Waals surface area contributed by atoms with Crippen LogP contribution in [-0.2, 0) is 19.1 Å². The second-order valence-electron chi connectivity index (χ2n) is 6.74. The zero-order valence-electron chi connectivity index (χ0n) is 15.2. The summed E-state index contributed by atoms with van der Waals surface area (Å²) in [5.74, 6) is -1.70. The Kier molecular flexibility index (Phi) is 6.94. The summed E-state index contributed by atoms with van der Waals surface area (Å²) in [6, 6.07) is 0. The summed E-state index contributed by atoms with van der Waals surface area (Å²) in [6.07, 6.45) is 6.17. The molecule has 1 saturated heterocycles. The van der Waals surface area contributed by atoms with Crippen LogP contribution in [0.15, 0.2) is 47.1 Å². The van der Waals surface area contributed by atoms with Gasteiger partial charge in [0, 0.05) is 12.0 Å². The molecule has 3 atom stereocenters. The van der Waals surface area contributed by atoms with Crippen molar-refractivity contribution in [2.24, 2.45) is 5.92 Å².